The van der Waals surface area contributed by atoms with Crippen LogP contribution in [0.4, 0.5) is 5.95 Å². The second-order valence-corrected chi connectivity index (χ2v) is 7.29. The first-order valence-corrected chi connectivity index (χ1v) is 9.36. The van der Waals surface area contributed by atoms with Crippen molar-refractivity contribution in [2.45, 2.75) is 45.6 Å². The van der Waals surface area contributed by atoms with Crippen molar-refractivity contribution in [3.05, 3.63) is 35.5 Å². The Balaban J connectivity index is 1.41. The average molecular weight is 355 g/mol. The molecule has 2 unspecified atom stereocenters. The van der Waals surface area contributed by atoms with Gasteiger partial charge in [0.05, 0.1) is 11.7 Å². The van der Waals surface area contributed by atoms with E-state index in [1.165, 1.54) is 0 Å². The Morgan fingerprint density at radius 1 is 1.23 bits per heavy atom. The van der Waals surface area contributed by atoms with Crippen LogP contribution in [0.25, 0.3) is 0 Å². The van der Waals surface area contributed by atoms with Gasteiger partial charge in [-0.2, -0.15) is 0 Å². The Labute approximate surface area is 153 Å². The van der Waals surface area contributed by atoms with Crippen molar-refractivity contribution >= 4 is 11.9 Å². The topological polar surface area (TPSA) is 75.4 Å². The maximum absolute atomic E-state index is 12.9. The molecule has 0 N–H and O–H groups in total. The van der Waals surface area contributed by atoms with Gasteiger partial charge in [-0.05, 0) is 45.1 Å². The van der Waals surface area contributed by atoms with E-state index in [0.717, 1.165) is 55.4 Å². The molecule has 2 aromatic rings. The normalized spacial score (nSPS) is 22.5. The van der Waals surface area contributed by atoms with Gasteiger partial charge in [0.25, 0.3) is 0 Å². The SMILES string of the molecule is Cc1noc(C)c1CCC(=O)N1CCC2CCN(c3ncccn3)CC21. The summed E-state index contributed by atoms with van der Waals surface area (Å²) >= 11 is 0. The van der Waals surface area contributed by atoms with E-state index in [-0.39, 0.29) is 11.9 Å². The quantitative estimate of drug-likeness (QED) is 0.836. The molecule has 138 valence electrons. The predicted octanol–water partition coefficient (Wildman–Crippen LogP) is 2.14. The molecule has 4 rings (SSSR count). The molecule has 7 nitrogen and oxygen atoms in total. The third-order valence-electron chi connectivity index (χ3n) is 5.79. The number of hydrogen-bond acceptors (Lipinski definition) is 6. The van der Waals surface area contributed by atoms with Crippen LogP contribution in [0.3, 0.4) is 0 Å². The molecule has 4 heterocycles. The van der Waals surface area contributed by atoms with Gasteiger partial charge in [0.2, 0.25) is 11.9 Å². The fourth-order valence-electron chi connectivity index (χ4n) is 4.32. The molecule has 26 heavy (non-hydrogen) atoms. The number of aromatic nitrogens is 3. The summed E-state index contributed by atoms with van der Waals surface area (Å²) in [7, 11) is 0. The number of carbonyl (C=O) groups excluding carboxylic acids is 1. The van der Waals surface area contributed by atoms with Gasteiger partial charge < -0.3 is 14.3 Å². The summed E-state index contributed by atoms with van der Waals surface area (Å²) in [5.74, 6) is 2.41. The third kappa shape index (κ3) is 3.18. The fourth-order valence-corrected chi connectivity index (χ4v) is 4.32. The first-order chi connectivity index (χ1) is 12.6. The van der Waals surface area contributed by atoms with Crippen LogP contribution in [-0.2, 0) is 11.2 Å². The van der Waals surface area contributed by atoms with E-state index in [9.17, 15) is 4.79 Å². The van der Waals surface area contributed by atoms with Gasteiger partial charge in [-0.1, -0.05) is 5.16 Å². The van der Waals surface area contributed by atoms with Crippen LogP contribution >= 0.6 is 0 Å². The third-order valence-corrected chi connectivity index (χ3v) is 5.79. The lowest BCUT2D eigenvalue weighted by atomic mass is 9.92. The van der Waals surface area contributed by atoms with Crippen molar-refractivity contribution < 1.29 is 9.32 Å². The first kappa shape index (κ1) is 17.0. The number of anilines is 1. The molecule has 0 spiro atoms. The summed E-state index contributed by atoms with van der Waals surface area (Å²) in [4.78, 5) is 25.9. The van der Waals surface area contributed by atoms with E-state index in [0.29, 0.717) is 18.8 Å². The lowest BCUT2D eigenvalue weighted by Gasteiger charge is -2.38. The van der Waals surface area contributed by atoms with Crippen molar-refractivity contribution in [3.63, 3.8) is 0 Å². The lowest BCUT2D eigenvalue weighted by Crippen LogP contribution is -2.50. The molecule has 2 aliphatic heterocycles. The van der Waals surface area contributed by atoms with Crippen LogP contribution in [0.1, 0.15) is 36.3 Å². The average Bonchev–Trinajstić information content (AvgIpc) is 3.23. The van der Waals surface area contributed by atoms with Crippen molar-refractivity contribution in [2.24, 2.45) is 5.92 Å². The molecule has 0 bridgehead atoms. The van der Waals surface area contributed by atoms with Crippen molar-refractivity contribution in [1.82, 2.24) is 20.0 Å². The predicted molar refractivity (Wildman–Crippen MR) is 96.8 cm³/mol. The molecule has 0 aliphatic carbocycles. The van der Waals surface area contributed by atoms with Crippen LogP contribution in [0, 0.1) is 19.8 Å². The van der Waals surface area contributed by atoms with Gasteiger partial charge in [-0.25, -0.2) is 9.97 Å². The maximum atomic E-state index is 12.9. The van der Waals surface area contributed by atoms with Crippen LogP contribution in [0.5, 0.6) is 0 Å². The molecule has 0 saturated carbocycles. The second-order valence-electron chi connectivity index (χ2n) is 7.29. The summed E-state index contributed by atoms with van der Waals surface area (Å²) in [6, 6.07) is 2.10. The summed E-state index contributed by atoms with van der Waals surface area (Å²) in [5, 5.41) is 3.98. The van der Waals surface area contributed by atoms with Crippen LogP contribution in [0.15, 0.2) is 23.0 Å². The van der Waals surface area contributed by atoms with Crippen LogP contribution in [0.2, 0.25) is 0 Å². The van der Waals surface area contributed by atoms with E-state index in [2.05, 4.69) is 24.9 Å². The van der Waals surface area contributed by atoms with E-state index in [4.69, 9.17) is 4.52 Å². The molecule has 0 aromatic carbocycles. The highest BCUT2D eigenvalue weighted by Crippen LogP contribution is 2.33. The van der Waals surface area contributed by atoms with Crippen LogP contribution in [-0.4, -0.2) is 51.6 Å². The molecule has 2 saturated heterocycles. The number of rotatable bonds is 4. The smallest absolute Gasteiger partial charge is 0.225 e. The standard InChI is InChI=1S/C19H25N5O2/c1-13-16(14(2)26-22-13)4-5-18(25)24-11-7-15-6-10-23(12-17(15)24)19-20-8-3-9-21-19/h3,8-9,15,17H,4-7,10-12H2,1-2H3. The molecule has 0 radical (unpaired) electrons. The Bertz CT molecular complexity index is 756. The van der Waals surface area contributed by atoms with Gasteiger partial charge in [0.1, 0.15) is 5.76 Å². The van der Waals surface area contributed by atoms with Gasteiger partial charge in [-0.15, -0.1) is 0 Å². The molecule has 2 atom stereocenters. The number of likely N-dealkylation sites (tertiary alicyclic amines) is 1. The number of aryl methyl sites for hydroxylation is 2. The minimum Gasteiger partial charge on any atom is -0.361 e. The van der Waals surface area contributed by atoms with E-state index < -0.39 is 0 Å². The van der Waals surface area contributed by atoms with Crippen molar-refractivity contribution in [2.75, 3.05) is 24.5 Å². The zero-order valence-corrected chi connectivity index (χ0v) is 15.4. The highest BCUT2D eigenvalue weighted by Gasteiger charge is 2.40. The molecule has 2 aromatic heterocycles. The number of fused-ring (bicyclic) bond motifs is 1. The monoisotopic (exact) mass is 355 g/mol. The first-order valence-electron chi connectivity index (χ1n) is 9.36. The largest absolute Gasteiger partial charge is 0.361 e. The summed E-state index contributed by atoms with van der Waals surface area (Å²) in [6.45, 7) is 6.49. The number of nitrogens with zero attached hydrogens (tertiary/aromatic N) is 5. The Hall–Kier alpha value is -2.44. The summed E-state index contributed by atoms with van der Waals surface area (Å²) in [5.41, 5.74) is 1.96. The number of hydrogen-bond donors (Lipinski definition) is 0. The Kier molecular flexibility index (Phi) is 4.61. The van der Waals surface area contributed by atoms with Gasteiger partial charge in [0, 0.05) is 44.0 Å². The zero-order chi connectivity index (χ0) is 18.1. The zero-order valence-electron chi connectivity index (χ0n) is 15.4. The Morgan fingerprint density at radius 2 is 2.00 bits per heavy atom. The second kappa shape index (κ2) is 7.05. The molecule has 2 aliphatic rings. The van der Waals surface area contributed by atoms with E-state index >= 15 is 0 Å². The van der Waals surface area contributed by atoms with E-state index in [1.54, 1.807) is 12.4 Å². The van der Waals surface area contributed by atoms with Gasteiger partial charge in [-0.3, -0.25) is 4.79 Å². The number of piperidine rings is 1. The van der Waals surface area contributed by atoms with E-state index in [1.807, 2.05) is 19.9 Å². The molecule has 2 fully saturated rings. The van der Waals surface area contributed by atoms with Crippen LogP contribution < -0.4 is 4.90 Å². The molecular weight excluding hydrogens is 330 g/mol. The van der Waals surface area contributed by atoms with Gasteiger partial charge in [0.15, 0.2) is 0 Å². The summed E-state index contributed by atoms with van der Waals surface area (Å²) < 4.78 is 5.21. The number of amides is 1. The highest BCUT2D eigenvalue weighted by molar-refractivity contribution is 5.77. The minimum atomic E-state index is 0.230. The number of carbonyl (C=O) groups is 1. The fraction of sp³-hybridized carbons (Fsp3) is 0.579. The van der Waals surface area contributed by atoms with Crippen molar-refractivity contribution in [1.29, 1.82) is 0 Å². The molecule has 7 heteroatoms. The molecular formula is C19H25N5O2. The van der Waals surface area contributed by atoms with Gasteiger partial charge >= 0.3 is 0 Å². The highest BCUT2D eigenvalue weighted by atomic mass is 16.5. The maximum Gasteiger partial charge on any atom is 0.225 e. The Morgan fingerprint density at radius 3 is 2.73 bits per heavy atom. The molecule has 1 amide bonds. The summed E-state index contributed by atoms with van der Waals surface area (Å²) in [6.07, 6.45) is 6.94. The minimum absolute atomic E-state index is 0.230. The van der Waals surface area contributed by atoms with Crippen molar-refractivity contribution in [3.8, 4) is 0 Å². The lowest BCUT2D eigenvalue weighted by molar-refractivity contribution is -0.132.